The van der Waals surface area contributed by atoms with Gasteiger partial charge in [-0.25, -0.2) is 0 Å². The first-order valence-corrected chi connectivity index (χ1v) is 4.94. The molecule has 0 spiro atoms. The van der Waals surface area contributed by atoms with Crippen LogP contribution >= 0.6 is 0 Å². The quantitative estimate of drug-likeness (QED) is 0.603. The van der Waals surface area contributed by atoms with E-state index in [9.17, 15) is 0 Å². The van der Waals surface area contributed by atoms with Crippen molar-refractivity contribution >= 4 is 0 Å². The first-order chi connectivity index (χ1) is 5.24. The van der Waals surface area contributed by atoms with Gasteiger partial charge in [-0.1, -0.05) is 26.7 Å². The molecule has 0 amide bonds. The van der Waals surface area contributed by atoms with Crippen molar-refractivity contribution < 1.29 is 0 Å². The van der Waals surface area contributed by atoms with E-state index in [1.165, 1.54) is 32.2 Å². The fourth-order valence-corrected chi connectivity index (χ4v) is 1.94. The van der Waals surface area contributed by atoms with Gasteiger partial charge in [0.2, 0.25) is 0 Å². The molecular formula is C10H21N. The molecule has 11 heavy (non-hydrogen) atoms. The van der Waals surface area contributed by atoms with Gasteiger partial charge in [0.25, 0.3) is 0 Å². The van der Waals surface area contributed by atoms with Gasteiger partial charge in [-0.3, -0.25) is 0 Å². The maximum Gasteiger partial charge on any atom is 0.0107 e. The largest absolute Gasteiger partial charge is 0.303 e. The Hall–Kier alpha value is -0.0400. The minimum atomic E-state index is 0.913. The molecule has 0 radical (unpaired) electrons. The van der Waals surface area contributed by atoms with Crippen molar-refractivity contribution in [1.29, 1.82) is 0 Å². The molecule has 1 unspecified atom stereocenters. The summed E-state index contributed by atoms with van der Waals surface area (Å²) in [4.78, 5) is 2.48. The topological polar surface area (TPSA) is 3.24 Å². The number of rotatable bonds is 4. The lowest BCUT2D eigenvalue weighted by Crippen LogP contribution is -2.45. The standard InChI is InChI=1S/C10H21N/c1-4-5-9(2)8-10-6-7-11(10)3/h9-10H,4-8H2,1-3H3/t9?,10-/m1/s1. The van der Waals surface area contributed by atoms with Gasteiger partial charge in [0, 0.05) is 6.04 Å². The van der Waals surface area contributed by atoms with Crippen molar-refractivity contribution in [3.8, 4) is 0 Å². The van der Waals surface area contributed by atoms with Crippen LogP contribution in [0.15, 0.2) is 0 Å². The SMILES string of the molecule is CCCC(C)C[C@H]1CCN1C. The number of hydrogen-bond donors (Lipinski definition) is 0. The van der Waals surface area contributed by atoms with Crippen LogP contribution in [0.4, 0.5) is 0 Å². The van der Waals surface area contributed by atoms with Gasteiger partial charge in [0.1, 0.15) is 0 Å². The number of likely N-dealkylation sites (tertiary alicyclic amines) is 1. The lowest BCUT2D eigenvalue weighted by atomic mass is 9.91. The monoisotopic (exact) mass is 155 g/mol. The fraction of sp³-hybridized carbons (Fsp3) is 1.00. The van der Waals surface area contributed by atoms with Gasteiger partial charge in [-0.2, -0.15) is 0 Å². The van der Waals surface area contributed by atoms with Crippen LogP contribution in [-0.2, 0) is 0 Å². The molecule has 1 heteroatoms. The Morgan fingerprint density at radius 1 is 1.55 bits per heavy atom. The van der Waals surface area contributed by atoms with Crippen molar-refractivity contribution in [1.82, 2.24) is 4.90 Å². The molecule has 0 aromatic heterocycles. The molecule has 0 aliphatic carbocycles. The Kier molecular flexibility index (Phi) is 3.38. The molecule has 0 N–H and O–H groups in total. The maximum absolute atomic E-state index is 2.48. The van der Waals surface area contributed by atoms with E-state index >= 15 is 0 Å². The Bertz CT molecular complexity index is 111. The molecule has 66 valence electrons. The van der Waals surface area contributed by atoms with Gasteiger partial charge >= 0.3 is 0 Å². The third kappa shape index (κ3) is 2.48. The van der Waals surface area contributed by atoms with Crippen LogP contribution in [0, 0.1) is 5.92 Å². The second-order valence-electron chi connectivity index (χ2n) is 4.05. The summed E-state index contributed by atoms with van der Waals surface area (Å²) in [6.07, 6.45) is 5.61. The predicted molar refractivity (Wildman–Crippen MR) is 49.7 cm³/mol. The van der Waals surface area contributed by atoms with E-state index in [-0.39, 0.29) is 0 Å². The number of nitrogens with zero attached hydrogens (tertiary/aromatic N) is 1. The van der Waals surface area contributed by atoms with Crippen LogP contribution in [-0.4, -0.2) is 24.5 Å². The molecule has 1 fully saturated rings. The van der Waals surface area contributed by atoms with Gasteiger partial charge in [0.05, 0.1) is 0 Å². The molecule has 1 nitrogen and oxygen atoms in total. The highest BCUT2D eigenvalue weighted by atomic mass is 15.2. The molecule has 1 rings (SSSR count). The zero-order chi connectivity index (χ0) is 8.27. The van der Waals surface area contributed by atoms with Gasteiger partial charge < -0.3 is 4.90 Å². The smallest absolute Gasteiger partial charge is 0.0107 e. The summed E-state index contributed by atoms with van der Waals surface area (Å²) in [7, 11) is 2.24. The summed E-state index contributed by atoms with van der Waals surface area (Å²) in [6, 6.07) is 0.913. The lowest BCUT2D eigenvalue weighted by Gasteiger charge is -2.39. The van der Waals surface area contributed by atoms with E-state index in [1.807, 2.05) is 0 Å². The van der Waals surface area contributed by atoms with Crippen LogP contribution in [0.1, 0.15) is 39.5 Å². The van der Waals surface area contributed by atoms with Crippen LogP contribution in [0.25, 0.3) is 0 Å². The van der Waals surface area contributed by atoms with Crippen molar-refractivity contribution in [3.05, 3.63) is 0 Å². The van der Waals surface area contributed by atoms with Gasteiger partial charge in [0.15, 0.2) is 0 Å². The third-order valence-electron chi connectivity index (χ3n) is 2.89. The summed E-state index contributed by atoms with van der Waals surface area (Å²) >= 11 is 0. The zero-order valence-electron chi connectivity index (χ0n) is 8.14. The minimum Gasteiger partial charge on any atom is -0.303 e. The van der Waals surface area contributed by atoms with Crippen molar-refractivity contribution in [2.24, 2.45) is 5.92 Å². The second-order valence-corrected chi connectivity index (χ2v) is 4.05. The molecule has 1 heterocycles. The normalized spacial score (nSPS) is 28.1. The second kappa shape index (κ2) is 4.10. The Labute approximate surface area is 70.8 Å². The van der Waals surface area contributed by atoms with E-state index in [2.05, 4.69) is 25.8 Å². The summed E-state index contributed by atoms with van der Waals surface area (Å²) in [6.45, 7) is 5.99. The molecule has 1 aliphatic rings. The van der Waals surface area contributed by atoms with Crippen molar-refractivity contribution in [2.45, 2.75) is 45.6 Å². The lowest BCUT2D eigenvalue weighted by molar-refractivity contribution is 0.103. The first-order valence-electron chi connectivity index (χ1n) is 4.94. The molecular weight excluding hydrogens is 134 g/mol. The number of hydrogen-bond acceptors (Lipinski definition) is 1. The summed E-state index contributed by atoms with van der Waals surface area (Å²) in [5.74, 6) is 0.938. The zero-order valence-corrected chi connectivity index (χ0v) is 8.14. The third-order valence-corrected chi connectivity index (χ3v) is 2.89. The molecule has 2 atom stereocenters. The average Bonchev–Trinajstić information content (AvgIpc) is 1.98. The Morgan fingerprint density at radius 2 is 2.27 bits per heavy atom. The summed E-state index contributed by atoms with van der Waals surface area (Å²) in [5.41, 5.74) is 0. The Balaban J connectivity index is 2.09. The molecule has 1 aliphatic heterocycles. The van der Waals surface area contributed by atoms with Gasteiger partial charge in [-0.05, 0) is 32.4 Å². The predicted octanol–water partition coefficient (Wildman–Crippen LogP) is 2.52. The van der Waals surface area contributed by atoms with Crippen molar-refractivity contribution in [3.63, 3.8) is 0 Å². The van der Waals surface area contributed by atoms with E-state index < -0.39 is 0 Å². The molecule has 1 saturated heterocycles. The van der Waals surface area contributed by atoms with Crippen LogP contribution < -0.4 is 0 Å². The maximum atomic E-state index is 2.48. The molecule has 0 bridgehead atoms. The molecule has 0 aromatic carbocycles. The fourth-order valence-electron chi connectivity index (χ4n) is 1.94. The van der Waals surface area contributed by atoms with Crippen LogP contribution in [0.5, 0.6) is 0 Å². The Morgan fingerprint density at radius 3 is 2.64 bits per heavy atom. The van der Waals surface area contributed by atoms with Gasteiger partial charge in [-0.15, -0.1) is 0 Å². The van der Waals surface area contributed by atoms with E-state index in [0.717, 1.165) is 12.0 Å². The minimum absolute atomic E-state index is 0.913. The highest BCUT2D eigenvalue weighted by Gasteiger charge is 2.24. The summed E-state index contributed by atoms with van der Waals surface area (Å²) < 4.78 is 0. The average molecular weight is 155 g/mol. The van der Waals surface area contributed by atoms with E-state index in [4.69, 9.17) is 0 Å². The van der Waals surface area contributed by atoms with Crippen molar-refractivity contribution in [2.75, 3.05) is 13.6 Å². The molecule has 0 saturated carbocycles. The van der Waals surface area contributed by atoms with E-state index in [0.29, 0.717) is 0 Å². The van der Waals surface area contributed by atoms with Crippen LogP contribution in [0.2, 0.25) is 0 Å². The highest BCUT2D eigenvalue weighted by Crippen LogP contribution is 2.23. The first kappa shape index (κ1) is 9.05. The summed E-state index contributed by atoms with van der Waals surface area (Å²) in [5, 5.41) is 0. The highest BCUT2D eigenvalue weighted by molar-refractivity contribution is 4.80. The van der Waals surface area contributed by atoms with E-state index in [1.54, 1.807) is 0 Å². The van der Waals surface area contributed by atoms with Crippen LogP contribution in [0.3, 0.4) is 0 Å². The molecule has 0 aromatic rings.